The van der Waals surface area contributed by atoms with E-state index in [2.05, 4.69) is 22.8 Å². The number of aryl methyl sites for hydroxylation is 1. The molecule has 2 fully saturated rings. The fourth-order valence-electron chi connectivity index (χ4n) is 6.51. The monoisotopic (exact) mass is 666 g/mol. The zero-order chi connectivity index (χ0) is 35.0. The maximum Gasteiger partial charge on any atom is 0.335 e. The number of likely N-dealkylation sites (tertiary alicyclic amines) is 1. The topological polar surface area (TPSA) is 197 Å². The Morgan fingerprint density at radius 3 is 2.10 bits per heavy atom. The third kappa shape index (κ3) is 8.57. The molecular weight excluding hydrogens is 620 g/mol. The van der Waals surface area contributed by atoms with Gasteiger partial charge in [0.15, 0.2) is 12.2 Å². The summed E-state index contributed by atoms with van der Waals surface area (Å²) in [5.74, 6) is -3.53. The first-order valence-electron chi connectivity index (χ1n) is 16.4. The molecule has 0 radical (unpaired) electrons. The molecule has 260 valence electrons. The van der Waals surface area contributed by atoms with Crippen LogP contribution in [0.2, 0.25) is 0 Å². The molecule has 0 spiro atoms. The number of hydrogen-bond acceptors (Lipinski definition) is 8. The molecule has 4 atom stereocenters. The molecule has 0 saturated carbocycles. The summed E-state index contributed by atoms with van der Waals surface area (Å²) in [5, 5.41) is 38.9. The molecule has 13 heteroatoms. The van der Waals surface area contributed by atoms with Gasteiger partial charge in [-0.05, 0) is 76.1 Å². The van der Waals surface area contributed by atoms with Crippen molar-refractivity contribution in [3.8, 4) is 0 Å². The lowest BCUT2D eigenvalue weighted by atomic mass is 9.86. The van der Waals surface area contributed by atoms with Crippen LogP contribution in [-0.2, 0) is 35.8 Å². The molecule has 2 aromatic carbocycles. The van der Waals surface area contributed by atoms with E-state index in [-0.39, 0.29) is 29.7 Å². The fourth-order valence-corrected chi connectivity index (χ4v) is 6.51. The predicted molar refractivity (Wildman–Crippen MR) is 176 cm³/mol. The van der Waals surface area contributed by atoms with Crippen molar-refractivity contribution in [1.29, 1.82) is 0 Å². The lowest BCUT2D eigenvalue weighted by Gasteiger charge is -2.39. The molecule has 5 rings (SSSR count). The predicted octanol–water partition coefficient (Wildman–Crippen LogP) is 1.30. The molecule has 48 heavy (non-hydrogen) atoms. The Kier molecular flexibility index (Phi) is 12.3. The van der Waals surface area contributed by atoms with Crippen molar-refractivity contribution in [1.82, 2.24) is 15.5 Å². The van der Waals surface area contributed by atoms with Crippen molar-refractivity contribution in [2.24, 2.45) is 5.92 Å². The molecular formula is C35H46N4O9. The van der Waals surface area contributed by atoms with E-state index in [1.165, 1.54) is 0 Å². The van der Waals surface area contributed by atoms with Gasteiger partial charge in [0.1, 0.15) is 6.04 Å². The second-order valence-corrected chi connectivity index (χ2v) is 13.1. The van der Waals surface area contributed by atoms with Gasteiger partial charge in [0.25, 0.3) is 0 Å². The van der Waals surface area contributed by atoms with Gasteiger partial charge in [0.2, 0.25) is 17.7 Å². The summed E-state index contributed by atoms with van der Waals surface area (Å²) in [6, 6.07) is 17.7. The molecule has 3 amide bonds. The minimum Gasteiger partial charge on any atom is -0.479 e. The summed E-state index contributed by atoms with van der Waals surface area (Å²) in [6.07, 6.45) is 0.0533. The molecule has 0 aromatic heterocycles. The molecule has 0 unspecified atom stereocenters. The van der Waals surface area contributed by atoms with E-state index in [0.29, 0.717) is 26.1 Å². The average Bonchev–Trinajstić information content (AvgIpc) is 3.30. The van der Waals surface area contributed by atoms with Crippen LogP contribution in [0.3, 0.4) is 0 Å². The van der Waals surface area contributed by atoms with Gasteiger partial charge in [-0.1, -0.05) is 48.5 Å². The number of nitrogens with zero attached hydrogens (tertiary/aromatic N) is 2. The van der Waals surface area contributed by atoms with E-state index in [9.17, 15) is 24.0 Å². The summed E-state index contributed by atoms with van der Waals surface area (Å²) in [7, 11) is 0. The van der Waals surface area contributed by atoms with Gasteiger partial charge in [-0.3, -0.25) is 14.4 Å². The number of benzene rings is 2. The van der Waals surface area contributed by atoms with Crippen molar-refractivity contribution in [2.75, 3.05) is 31.1 Å². The van der Waals surface area contributed by atoms with Crippen LogP contribution in [0.15, 0.2) is 54.6 Å². The van der Waals surface area contributed by atoms with Crippen LogP contribution >= 0.6 is 0 Å². The van der Waals surface area contributed by atoms with Gasteiger partial charge in [0, 0.05) is 31.4 Å². The van der Waals surface area contributed by atoms with Gasteiger partial charge in [-0.25, -0.2) is 9.59 Å². The normalized spacial score (nSPS) is 20.8. The number of piperidine rings is 2. The smallest absolute Gasteiger partial charge is 0.335 e. The Bertz CT molecular complexity index is 1430. The second kappa shape index (κ2) is 16.2. The number of para-hydroxylation sites is 1. The molecule has 3 aliphatic rings. The van der Waals surface area contributed by atoms with E-state index < -0.39 is 35.6 Å². The lowest BCUT2D eigenvalue weighted by molar-refractivity contribution is -0.165. The van der Waals surface area contributed by atoms with Gasteiger partial charge in [0.05, 0.1) is 11.3 Å². The molecule has 0 aliphatic carbocycles. The van der Waals surface area contributed by atoms with Gasteiger partial charge in [-0.2, -0.15) is 0 Å². The Labute approximate surface area is 279 Å². The molecule has 0 bridgehead atoms. The zero-order valence-electron chi connectivity index (χ0n) is 27.4. The van der Waals surface area contributed by atoms with Gasteiger partial charge in [-0.15, -0.1) is 0 Å². The summed E-state index contributed by atoms with van der Waals surface area (Å²) in [6.45, 7) is 6.76. The highest BCUT2D eigenvalue weighted by Gasteiger charge is 2.47. The van der Waals surface area contributed by atoms with Crippen molar-refractivity contribution >= 4 is 35.3 Å². The van der Waals surface area contributed by atoms with Crippen LogP contribution in [0.1, 0.15) is 57.1 Å². The fraction of sp³-hybridized carbons (Fsp3) is 0.514. The van der Waals surface area contributed by atoms with Crippen LogP contribution in [0.25, 0.3) is 0 Å². The Balaban J connectivity index is 0.000000453. The highest BCUT2D eigenvalue weighted by Crippen LogP contribution is 2.43. The molecule has 2 saturated heterocycles. The number of aliphatic carboxylic acids is 2. The number of aliphatic hydroxyl groups excluding tert-OH is 2. The van der Waals surface area contributed by atoms with E-state index >= 15 is 0 Å². The second-order valence-electron chi connectivity index (χ2n) is 13.1. The molecule has 3 heterocycles. The number of carbonyl (C=O) groups excluding carboxylic acids is 3. The first-order chi connectivity index (χ1) is 22.8. The van der Waals surface area contributed by atoms with Crippen LogP contribution in [0.4, 0.5) is 5.69 Å². The Morgan fingerprint density at radius 2 is 1.52 bits per heavy atom. The summed E-state index contributed by atoms with van der Waals surface area (Å²) < 4.78 is 0. The number of anilines is 1. The third-order valence-electron chi connectivity index (χ3n) is 9.38. The van der Waals surface area contributed by atoms with Gasteiger partial charge < -0.3 is 40.9 Å². The maximum absolute atomic E-state index is 13.7. The number of carbonyl (C=O) groups is 5. The van der Waals surface area contributed by atoms with Crippen LogP contribution < -0.4 is 15.5 Å². The maximum atomic E-state index is 13.7. The lowest BCUT2D eigenvalue weighted by Crippen LogP contribution is -2.55. The molecule has 6 N–H and O–H groups in total. The van der Waals surface area contributed by atoms with Crippen LogP contribution in [-0.4, -0.2) is 105 Å². The Hall–Kier alpha value is -4.33. The number of aliphatic hydroxyl groups is 2. The first-order valence-corrected chi connectivity index (χ1v) is 16.4. The molecule has 13 nitrogen and oxygen atoms in total. The number of carboxylic acid groups (broad SMARTS) is 2. The van der Waals surface area contributed by atoms with E-state index in [4.69, 9.17) is 20.4 Å². The number of hydrogen-bond donors (Lipinski definition) is 6. The minimum atomic E-state index is -2.27. The van der Waals surface area contributed by atoms with Crippen molar-refractivity contribution in [2.45, 2.75) is 82.1 Å². The zero-order valence-corrected chi connectivity index (χ0v) is 27.4. The first kappa shape index (κ1) is 36.5. The van der Waals surface area contributed by atoms with Crippen molar-refractivity contribution < 1.29 is 44.4 Å². The average molecular weight is 667 g/mol. The van der Waals surface area contributed by atoms with Crippen molar-refractivity contribution in [3.63, 3.8) is 0 Å². The van der Waals surface area contributed by atoms with E-state index in [1.807, 2.05) is 66.1 Å². The quantitative estimate of drug-likeness (QED) is 0.215. The number of carboxylic acids is 2. The third-order valence-corrected chi connectivity index (χ3v) is 9.38. The number of rotatable bonds is 10. The van der Waals surface area contributed by atoms with Gasteiger partial charge >= 0.3 is 11.9 Å². The molecule has 3 aliphatic heterocycles. The standard InChI is InChI=1S/C31H40N4O3.C4H6O6/c1-31(2)25-12-6-7-13-27(25)35(30(31)38)24-16-19-34(20-17-24)29(37)26(15-14-22-9-4-3-5-10-22)33-28(36)23-11-8-18-32-21-23;5-1(3(7)8)2(6)4(9)10/h3-7,9-10,12-13,23-24,26,32H,8,11,14-21H2,1-2H3,(H,33,36);1-2,5-6H,(H,7,8)(H,9,10)/t23-,26+;1-,2-/m11/s1. The van der Waals surface area contributed by atoms with E-state index in [1.54, 1.807) is 0 Å². The minimum absolute atomic E-state index is 0.00928. The van der Waals surface area contributed by atoms with Crippen LogP contribution in [0.5, 0.6) is 0 Å². The highest BCUT2D eigenvalue weighted by molar-refractivity contribution is 6.08. The SMILES string of the molecule is CC1(C)C(=O)N(C2CCN(C(=O)[C@H](CCc3ccccc3)NC(=O)[C@@H]3CCCNC3)CC2)c2ccccc21.O=C(O)[C@H](O)[C@@H](O)C(=O)O. The number of fused-ring (bicyclic) bond motifs is 1. The summed E-state index contributed by atoms with van der Waals surface area (Å²) in [4.78, 5) is 63.6. The summed E-state index contributed by atoms with van der Waals surface area (Å²) in [5.41, 5.74) is 2.70. The number of amides is 3. The number of nitrogens with one attached hydrogen (secondary N) is 2. The largest absolute Gasteiger partial charge is 0.479 e. The Morgan fingerprint density at radius 1 is 0.917 bits per heavy atom. The highest BCUT2D eigenvalue weighted by atomic mass is 16.4. The van der Waals surface area contributed by atoms with Crippen molar-refractivity contribution in [3.05, 3.63) is 65.7 Å². The van der Waals surface area contributed by atoms with E-state index in [0.717, 1.165) is 55.5 Å². The van der Waals surface area contributed by atoms with Crippen LogP contribution in [0, 0.1) is 5.92 Å². The summed E-state index contributed by atoms with van der Waals surface area (Å²) >= 11 is 0. The molecule has 2 aromatic rings.